The lowest BCUT2D eigenvalue weighted by Gasteiger charge is -2.39. The molecule has 5 nitrogen and oxygen atoms in total. The summed E-state index contributed by atoms with van der Waals surface area (Å²) >= 11 is 6.10. The molecule has 1 aromatic carbocycles. The zero-order valence-corrected chi connectivity index (χ0v) is 17.0. The van der Waals surface area contributed by atoms with E-state index in [1.165, 1.54) is 11.0 Å². The molecule has 0 N–H and O–H groups in total. The van der Waals surface area contributed by atoms with Crippen LogP contribution in [0, 0.1) is 11.3 Å². The van der Waals surface area contributed by atoms with Gasteiger partial charge in [-0.2, -0.15) is 31.6 Å². The van der Waals surface area contributed by atoms with Crippen molar-refractivity contribution in [2.75, 3.05) is 13.1 Å². The van der Waals surface area contributed by atoms with Crippen LogP contribution in [0.1, 0.15) is 40.0 Å². The molecule has 1 aliphatic heterocycles. The smallest absolute Gasteiger partial charge is 0.425 e. The second-order valence-corrected chi connectivity index (χ2v) is 7.47. The molecule has 170 valence electrons. The van der Waals surface area contributed by atoms with Crippen LogP contribution in [0.25, 0.3) is 0 Å². The molecule has 1 atom stereocenters. The Morgan fingerprint density at radius 2 is 1.88 bits per heavy atom. The van der Waals surface area contributed by atoms with Crippen molar-refractivity contribution in [2.24, 2.45) is 0 Å². The third-order valence-corrected chi connectivity index (χ3v) is 5.30. The van der Waals surface area contributed by atoms with Crippen LogP contribution in [0.15, 0.2) is 30.5 Å². The van der Waals surface area contributed by atoms with Crippen molar-refractivity contribution in [3.05, 3.63) is 57.9 Å². The molecule has 1 fully saturated rings. The Morgan fingerprint density at radius 3 is 2.38 bits per heavy atom. The first kappa shape index (κ1) is 23.7. The van der Waals surface area contributed by atoms with E-state index >= 15 is 0 Å². The first-order chi connectivity index (χ1) is 14.8. The molecule has 0 bridgehead atoms. The van der Waals surface area contributed by atoms with Crippen LogP contribution in [-0.4, -0.2) is 41.2 Å². The number of likely N-dealkylation sites (tertiary alicyclic amines) is 1. The average molecular weight is 478 g/mol. The molecule has 1 saturated heterocycles. The van der Waals surface area contributed by atoms with Gasteiger partial charge >= 0.3 is 12.4 Å². The number of nitriles is 1. The van der Waals surface area contributed by atoms with Crippen molar-refractivity contribution < 1.29 is 35.9 Å². The standard InChI is InChI=1S/C20H14ClF6N3O2/c1-10(19(22,23)24)32-15-5-2-11(6-28)17(21)16(15)18(31)30-8-12(9-30)14-4-3-13(7-29-14)20(25,26)27/h2-5,7,10,12H,8-9H2,1H3/t10-/m0/s1. The van der Waals surface area contributed by atoms with Crippen LogP contribution in [0.5, 0.6) is 5.75 Å². The van der Waals surface area contributed by atoms with Crippen molar-refractivity contribution in [3.8, 4) is 11.8 Å². The maximum absolute atomic E-state index is 12.9. The number of alkyl halides is 6. The van der Waals surface area contributed by atoms with Crippen molar-refractivity contribution in [1.82, 2.24) is 9.88 Å². The Bertz CT molecular complexity index is 1060. The molecule has 1 amide bonds. The summed E-state index contributed by atoms with van der Waals surface area (Å²) in [4.78, 5) is 18.0. The van der Waals surface area contributed by atoms with Crippen molar-refractivity contribution in [2.45, 2.75) is 31.3 Å². The van der Waals surface area contributed by atoms with Gasteiger partial charge in [-0.3, -0.25) is 9.78 Å². The second-order valence-electron chi connectivity index (χ2n) is 7.09. The van der Waals surface area contributed by atoms with E-state index in [0.29, 0.717) is 11.9 Å². The van der Waals surface area contributed by atoms with Gasteiger partial charge < -0.3 is 9.64 Å². The fourth-order valence-corrected chi connectivity index (χ4v) is 3.28. The highest BCUT2D eigenvalue weighted by atomic mass is 35.5. The molecule has 1 aliphatic rings. The maximum Gasteiger partial charge on any atom is 0.425 e. The molecule has 0 saturated carbocycles. The van der Waals surface area contributed by atoms with Gasteiger partial charge in [0.1, 0.15) is 17.4 Å². The summed E-state index contributed by atoms with van der Waals surface area (Å²) in [7, 11) is 0. The fraction of sp³-hybridized carbons (Fsp3) is 0.350. The van der Waals surface area contributed by atoms with Gasteiger partial charge in [0.2, 0.25) is 0 Å². The molecule has 0 spiro atoms. The number of halogens is 7. The highest BCUT2D eigenvalue weighted by Crippen LogP contribution is 2.37. The van der Waals surface area contributed by atoms with Gasteiger partial charge in [-0.1, -0.05) is 11.6 Å². The minimum atomic E-state index is -4.70. The van der Waals surface area contributed by atoms with Gasteiger partial charge in [0.15, 0.2) is 6.10 Å². The number of carbonyl (C=O) groups is 1. The Balaban J connectivity index is 1.80. The zero-order valence-electron chi connectivity index (χ0n) is 16.3. The van der Waals surface area contributed by atoms with Crippen LogP contribution in [0.3, 0.4) is 0 Å². The molecule has 32 heavy (non-hydrogen) atoms. The Morgan fingerprint density at radius 1 is 1.22 bits per heavy atom. The van der Waals surface area contributed by atoms with Crippen molar-refractivity contribution >= 4 is 17.5 Å². The van der Waals surface area contributed by atoms with Crippen molar-refractivity contribution in [3.63, 3.8) is 0 Å². The number of aromatic nitrogens is 1. The highest BCUT2D eigenvalue weighted by Gasteiger charge is 2.40. The Kier molecular flexibility index (Phi) is 6.29. The lowest BCUT2D eigenvalue weighted by molar-refractivity contribution is -0.189. The largest absolute Gasteiger partial charge is 0.480 e. The van der Waals surface area contributed by atoms with Crippen LogP contribution >= 0.6 is 11.6 Å². The van der Waals surface area contributed by atoms with Gasteiger partial charge in [0, 0.05) is 30.9 Å². The molecule has 0 unspecified atom stereocenters. The number of nitrogens with zero attached hydrogens (tertiary/aromatic N) is 3. The number of pyridine rings is 1. The van der Waals surface area contributed by atoms with Gasteiger partial charge in [0.05, 0.1) is 16.1 Å². The number of hydrogen-bond donors (Lipinski definition) is 0. The number of ether oxygens (including phenoxy) is 1. The number of amides is 1. The predicted molar refractivity (Wildman–Crippen MR) is 100 cm³/mol. The molecule has 0 aliphatic carbocycles. The van der Waals surface area contributed by atoms with E-state index in [-0.39, 0.29) is 35.2 Å². The molecule has 2 heterocycles. The molecular formula is C20H14ClF6N3O2. The van der Waals surface area contributed by atoms with E-state index in [2.05, 4.69) is 4.98 Å². The molecule has 12 heteroatoms. The van der Waals surface area contributed by atoms with E-state index in [1.807, 2.05) is 0 Å². The molecular weight excluding hydrogens is 464 g/mol. The third-order valence-electron chi connectivity index (χ3n) is 4.90. The van der Waals surface area contributed by atoms with E-state index in [4.69, 9.17) is 21.6 Å². The fourth-order valence-electron chi connectivity index (χ4n) is 3.00. The van der Waals surface area contributed by atoms with Crippen molar-refractivity contribution in [1.29, 1.82) is 5.26 Å². The first-order valence-corrected chi connectivity index (χ1v) is 9.49. The number of rotatable bonds is 4. The highest BCUT2D eigenvalue weighted by molar-refractivity contribution is 6.35. The Labute approximate surface area is 183 Å². The summed E-state index contributed by atoms with van der Waals surface area (Å²) in [6, 6.07) is 6.04. The van der Waals surface area contributed by atoms with Gasteiger partial charge in [-0.05, 0) is 31.2 Å². The van der Waals surface area contributed by atoms with Crippen LogP contribution in [0.2, 0.25) is 5.02 Å². The second kappa shape index (κ2) is 8.50. The summed E-state index contributed by atoms with van der Waals surface area (Å²) in [5.74, 6) is -1.56. The average Bonchev–Trinajstić information content (AvgIpc) is 2.66. The monoisotopic (exact) mass is 477 g/mol. The van der Waals surface area contributed by atoms with Gasteiger partial charge in [0.25, 0.3) is 5.91 Å². The van der Waals surface area contributed by atoms with Crippen LogP contribution in [-0.2, 0) is 6.18 Å². The van der Waals surface area contributed by atoms with Gasteiger partial charge in [-0.25, -0.2) is 0 Å². The lowest BCUT2D eigenvalue weighted by Crippen LogP contribution is -2.49. The molecule has 3 rings (SSSR count). The van der Waals surface area contributed by atoms with Gasteiger partial charge in [-0.15, -0.1) is 0 Å². The summed E-state index contributed by atoms with van der Waals surface area (Å²) in [6.07, 6.45) is -10.8. The minimum Gasteiger partial charge on any atom is -0.480 e. The summed E-state index contributed by atoms with van der Waals surface area (Å²) < 4.78 is 81.6. The van der Waals surface area contributed by atoms with Crippen LogP contribution < -0.4 is 4.74 Å². The lowest BCUT2D eigenvalue weighted by atomic mass is 9.94. The minimum absolute atomic E-state index is 0.0541. The maximum atomic E-state index is 12.9. The normalized spacial score (nSPS) is 15.7. The molecule has 0 radical (unpaired) electrons. The Hall–Kier alpha value is -3.00. The van der Waals surface area contributed by atoms with E-state index in [1.54, 1.807) is 6.07 Å². The number of carbonyl (C=O) groups excluding carboxylic acids is 1. The third kappa shape index (κ3) is 4.75. The first-order valence-electron chi connectivity index (χ1n) is 9.11. The molecule has 2 aromatic rings. The topological polar surface area (TPSA) is 66.2 Å². The zero-order chi connectivity index (χ0) is 23.8. The summed E-state index contributed by atoms with van der Waals surface area (Å²) in [5, 5.41) is 8.79. The SMILES string of the molecule is C[C@H](Oc1ccc(C#N)c(Cl)c1C(=O)N1CC(c2ccc(C(F)(F)F)cn2)C1)C(F)(F)F. The van der Waals surface area contributed by atoms with Crippen LogP contribution in [0.4, 0.5) is 26.3 Å². The summed E-state index contributed by atoms with van der Waals surface area (Å²) in [6.45, 7) is 0.869. The number of hydrogen-bond acceptors (Lipinski definition) is 4. The predicted octanol–water partition coefficient (Wildman–Crippen LogP) is 5.19. The number of benzene rings is 1. The van der Waals surface area contributed by atoms with E-state index in [9.17, 15) is 31.1 Å². The summed E-state index contributed by atoms with van der Waals surface area (Å²) in [5.41, 5.74) is -1.08. The quantitative estimate of drug-likeness (QED) is 0.568. The van der Waals surface area contributed by atoms with E-state index < -0.39 is 35.7 Å². The van der Waals surface area contributed by atoms with E-state index in [0.717, 1.165) is 25.1 Å². The molecule has 1 aromatic heterocycles.